The Morgan fingerprint density at radius 3 is 2.61 bits per heavy atom. The van der Waals surface area contributed by atoms with Crippen molar-refractivity contribution in [3.8, 4) is 11.5 Å². The first-order chi connectivity index (χ1) is 13.4. The van der Waals surface area contributed by atoms with E-state index in [-0.39, 0.29) is 16.3 Å². The summed E-state index contributed by atoms with van der Waals surface area (Å²) in [5, 5.41) is 2.52. The number of halogens is 2. The van der Waals surface area contributed by atoms with Gasteiger partial charge in [-0.2, -0.15) is 0 Å². The zero-order valence-corrected chi connectivity index (χ0v) is 16.3. The van der Waals surface area contributed by atoms with Crippen molar-refractivity contribution < 1.29 is 28.2 Å². The van der Waals surface area contributed by atoms with Crippen LogP contribution in [-0.2, 0) is 9.53 Å². The Morgan fingerprint density at radius 1 is 1.14 bits per heavy atom. The van der Waals surface area contributed by atoms with Gasteiger partial charge < -0.3 is 19.5 Å². The lowest BCUT2D eigenvalue weighted by Gasteiger charge is -2.12. The molecule has 0 bridgehead atoms. The molecule has 8 heteroatoms. The first-order valence-corrected chi connectivity index (χ1v) is 9.05. The molecular weight excluding hydrogens is 389 g/mol. The lowest BCUT2D eigenvalue weighted by molar-refractivity contribution is -0.119. The molecule has 0 fully saturated rings. The van der Waals surface area contributed by atoms with E-state index in [1.165, 1.54) is 31.4 Å². The van der Waals surface area contributed by atoms with Gasteiger partial charge in [-0.25, -0.2) is 9.18 Å². The van der Waals surface area contributed by atoms with E-state index in [1.807, 2.05) is 0 Å². The van der Waals surface area contributed by atoms with Crippen LogP contribution in [0.3, 0.4) is 0 Å². The van der Waals surface area contributed by atoms with Crippen molar-refractivity contribution in [2.75, 3.05) is 25.6 Å². The molecule has 6 nitrogen and oxygen atoms in total. The fourth-order valence-corrected chi connectivity index (χ4v) is 2.39. The van der Waals surface area contributed by atoms with Gasteiger partial charge in [-0.15, -0.1) is 0 Å². The molecule has 0 saturated carbocycles. The monoisotopic (exact) mass is 409 g/mol. The van der Waals surface area contributed by atoms with Crippen LogP contribution in [0.25, 0.3) is 0 Å². The zero-order valence-electron chi connectivity index (χ0n) is 15.6. The van der Waals surface area contributed by atoms with Gasteiger partial charge in [0, 0.05) is 5.02 Å². The van der Waals surface area contributed by atoms with Gasteiger partial charge in [-0.05, 0) is 42.8 Å². The lowest BCUT2D eigenvalue weighted by atomic mass is 10.2. The second kappa shape index (κ2) is 10.5. The maximum atomic E-state index is 13.7. The smallest absolute Gasteiger partial charge is 0.338 e. The maximum Gasteiger partial charge on any atom is 0.338 e. The maximum absolute atomic E-state index is 13.7. The quantitative estimate of drug-likeness (QED) is 0.489. The van der Waals surface area contributed by atoms with Crippen molar-refractivity contribution in [3.05, 3.63) is 52.8 Å². The molecule has 0 aliphatic rings. The molecule has 0 spiro atoms. The molecule has 1 N–H and O–H groups in total. The van der Waals surface area contributed by atoms with Gasteiger partial charge in [0.1, 0.15) is 5.82 Å². The molecule has 2 aromatic carbocycles. The molecule has 2 rings (SSSR count). The number of amides is 1. The highest BCUT2D eigenvalue weighted by molar-refractivity contribution is 6.30. The second-order valence-corrected chi connectivity index (χ2v) is 6.25. The molecule has 1 amide bonds. The Balaban J connectivity index is 1.93. The number of ether oxygens (including phenoxy) is 3. The Hall–Kier alpha value is -2.80. The van der Waals surface area contributed by atoms with Gasteiger partial charge >= 0.3 is 5.97 Å². The number of rotatable bonds is 9. The van der Waals surface area contributed by atoms with E-state index >= 15 is 0 Å². The second-order valence-electron chi connectivity index (χ2n) is 5.82. The van der Waals surface area contributed by atoms with Crippen LogP contribution in [0.1, 0.15) is 30.1 Å². The molecule has 0 heterocycles. The normalized spacial score (nSPS) is 10.3. The average molecular weight is 410 g/mol. The largest absolute Gasteiger partial charge is 0.493 e. The van der Waals surface area contributed by atoms with Crippen LogP contribution in [0.2, 0.25) is 5.02 Å². The third-order valence-electron chi connectivity index (χ3n) is 3.69. The molecular formula is C20H21ClFNO5. The van der Waals surface area contributed by atoms with E-state index in [0.29, 0.717) is 18.1 Å². The van der Waals surface area contributed by atoms with Gasteiger partial charge in [0.15, 0.2) is 18.1 Å². The number of benzene rings is 2. The molecule has 150 valence electrons. The van der Waals surface area contributed by atoms with Crippen molar-refractivity contribution in [1.29, 1.82) is 0 Å². The molecule has 0 saturated heterocycles. The predicted octanol–water partition coefficient (Wildman–Crippen LogP) is 4.46. The highest BCUT2D eigenvalue weighted by Gasteiger charge is 2.15. The SMILES string of the molecule is CCCCOc1ccc(C(=O)OCC(=O)Nc2ccc(Cl)cc2F)cc1OC. The Kier molecular flexibility index (Phi) is 8.07. The van der Waals surface area contributed by atoms with Crippen LogP contribution in [0.5, 0.6) is 11.5 Å². The number of anilines is 1. The summed E-state index contributed by atoms with van der Waals surface area (Å²) in [6.45, 7) is 2.02. The first-order valence-electron chi connectivity index (χ1n) is 8.67. The summed E-state index contributed by atoms with van der Waals surface area (Å²) in [4.78, 5) is 24.0. The van der Waals surface area contributed by atoms with Gasteiger partial charge in [0.25, 0.3) is 5.91 Å². The summed E-state index contributed by atoms with van der Waals surface area (Å²) in [5.74, 6) is -1.18. The minimum atomic E-state index is -0.717. The fourth-order valence-electron chi connectivity index (χ4n) is 2.23. The van der Waals surface area contributed by atoms with Crippen LogP contribution in [0.4, 0.5) is 10.1 Å². The lowest BCUT2D eigenvalue weighted by Crippen LogP contribution is -2.21. The summed E-state index contributed by atoms with van der Waals surface area (Å²) in [6.07, 6.45) is 1.89. The van der Waals surface area contributed by atoms with E-state index in [9.17, 15) is 14.0 Å². The van der Waals surface area contributed by atoms with Crippen molar-refractivity contribution in [2.45, 2.75) is 19.8 Å². The molecule has 0 aliphatic heterocycles. The summed E-state index contributed by atoms with van der Waals surface area (Å²) in [6, 6.07) is 8.42. The Bertz CT molecular complexity index is 843. The van der Waals surface area contributed by atoms with E-state index < -0.39 is 24.3 Å². The number of carbonyl (C=O) groups is 2. The van der Waals surface area contributed by atoms with Crippen LogP contribution in [0.15, 0.2) is 36.4 Å². The van der Waals surface area contributed by atoms with Crippen LogP contribution in [0, 0.1) is 5.82 Å². The number of hydrogen-bond acceptors (Lipinski definition) is 5. The van der Waals surface area contributed by atoms with E-state index in [4.69, 9.17) is 25.8 Å². The molecule has 0 aromatic heterocycles. The average Bonchev–Trinajstić information content (AvgIpc) is 2.68. The zero-order chi connectivity index (χ0) is 20.5. The molecule has 2 aromatic rings. The number of unbranched alkanes of at least 4 members (excludes halogenated alkanes) is 1. The van der Waals surface area contributed by atoms with E-state index in [0.717, 1.165) is 18.9 Å². The number of hydrogen-bond donors (Lipinski definition) is 1. The van der Waals surface area contributed by atoms with Crippen molar-refractivity contribution in [3.63, 3.8) is 0 Å². The number of carbonyl (C=O) groups excluding carboxylic acids is 2. The van der Waals surface area contributed by atoms with E-state index in [2.05, 4.69) is 12.2 Å². The minimum Gasteiger partial charge on any atom is -0.493 e. The summed E-state index contributed by atoms with van der Waals surface area (Å²) in [5.41, 5.74) is 0.144. The Labute approximate surface area is 167 Å². The van der Waals surface area contributed by atoms with Crippen molar-refractivity contribution in [2.24, 2.45) is 0 Å². The third kappa shape index (κ3) is 6.13. The van der Waals surface area contributed by atoms with Gasteiger partial charge in [0.05, 0.1) is 25.0 Å². The fraction of sp³-hybridized carbons (Fsp3) is 0.300. The third-order valence-corrected chi connectivity index (χ3v) is 3.93. The molecule has 0 aliphatic carbocycles. The minimum absolute atomic E-state index is 0.0549. The summed E-state index contributed by atoms with van der Waals surface area (Å²) in [7, 11) is 1.46. The van der Waals surface area contributed by atoms with Crippen molar-refractivity contribution >= 4 is 29.2 Å². The number of nitrogens with one attached hydrogen (secondary N) is 1. The molecule has 0 atom stereocenters. The summed E-state index contributed by atoms with van der Waals surface area (Å²) >= 11 is 5.65. The van der Waals surface area contributed by atoms with E-state index in [1.54, 1.807) is 6.07 Å². The van der Waals surface area contributed by atoms with Gasteiger partial charge in [-0.1, -0.05) is 24.9 Å². The van der Waals surface area contributed by atoms with Crippen LogP contribution in [-0.4, -0.2) is 32.2 Å². The number of esters is 1. The van der Waals surface area contributed by atoms with Crippen LogP contribution < -0.4 is 14.8 Å². The Morgan fingerprint density at radius 2 is 1.93 bits per heavy atom. The first kappa shape index (κ1) is 21.5. The highest BCUT2D eigenvalue weighted by atomic mass is 35.5. The molecule has 0 unspecified atom stereocenters. The van der Waals surface area contributed by atoms with Gasteiger partial charge in [0.2, 0.25) is 0 Å². The van der Waals surface area contributed by atoms with Crippen molar-refractivity contribution in [1.82, 2.24) is 0 Å². The summed E-state index contributed by atoms with van der Waals surface area (Å²) < 4.78 is 29.5. The van der Waals surface area contributed by atoms with Crippen LogP contribution >= 0.6 is 11.6 Å². The molecule has 0 radical (unpaired) electrons. The van der Waals surface area contributed by atoms with Gasteiger partial charge in [-0.3, -0.25) is 4.79 Å². The molecule has 28 heavy (non-hydrogen) atoms. The highest BCUT2D eigenvalue weighted by Crippen LogP contribution is 2.28. The number of methoxy groups -OCH3 is 1. The standard InChI is InChI=1S/C20H21ClFNO5/c1-3-4-9-27-17-8-5-13(10-18(17)26-2)20(25)28-12-19(24)23-16-7-6-14(21)11-15(16)22/h5-8,10-11H,3-4,9,12H2,1-2H3,(H,23,24). The predicted molar refractivity (Wildman–Crippen MR) is 104 cm³/mol. The topological polar surface area (TPSA) is 73.9 Å².